The molecule has 13 heteroatoms. The monoisotopic (exact) mass is 748 g/mol. The predicted octanol–water partition coefficient (Wildman–Crippen LogP) is 5.20. The van der Waals surface area contributed by atoms with Crippen molar-refractivity contribution in [1.82, 2.24) is 0 Å². The molecule has 4 saturated heterocycles. The van der Waals surface area contributed by atoms with E-state index in [0.29, 0.717) is 39.1 Å². The van der Waals surface area contributed by atoms with Gasteiger partial charge in [0.1, 0.15) is 18.8 Å². The number of fused-ring (bicyclic) bond motifs is 4. The number of hydrogen-bond acceptors (Lipinski definition) is 13. The number of rotatable bonds is 9. The molecule has 4 fully saturated rings. The van der Waals surface area contributed by atoms with E-state index in [1.54, 1.807) is 0 Å². The fourth-order valence-electron chi connectivity index (χ4n) is 8.58. The van der Waals surface area contributed by atoms with E-state index in [9.17, 15) is 25.5 Å². The highest BCUT2D eigenvalue weighted by Gasteiger charge is 2.64. The minimum atomic E-state index is -1.18. The third-order valence-corrected chi connectivity index (χ3v) is 11.6. The Balaban J connectivity index is 0.999. The standard InChI is InChI=1S/C41H48O13/c1-39-16-26(44)37(36-25(43)14-28-38(51-36)35(46)34(45)29(19-42)49-28)50-32(39)17-41(3)33(54-39)18-40(2)31(53-41)15-27(48-21-24-12-8-5-9-13-24)30(52-40)22-47-20-23-10-6-4-7-11-23/h4-14,26-27,30-33,37,42-46H,15-22H2,1-3H3/t26-,27?,30?,31-,32-,33-,37?,39+,40+,41+/m1/s1. The second-order valence-electron chi connectivity index (χ2n) is 15.7. The molecule has 5 N–H and O–H groups in total. The molecule has 6 aliphatic rings. The van der Waals surface area contributed by atoms with Crippen LogP contribution in [0.1, 0.15) is 57.6 Å². The van der Waals surface area contributed by atoms with Crippen molar-refractivity contribution in [3.8, 4) is 0 Å². The van der Waals surface area contributed by atoms with Gasteiger partial charge in [0.2, 0.25) is 17.3 Å². The highest BCUT2D eigenvalue weighted by atomic mass is 16.6. The minimum absolute atomic E-state index is 0.119. The molecule has 0 bridgehead atoms. The summed E-state index contributed by atoms with van der Waals surface area (Å²) in [5, 5.41) is 52.8. The van der Waals surface area contributed by atoms with Crippen molar-refractivity contribution < 1.29 is 63.4 Å². The van der Waals surface area contributed by atoms with E-state index in [-0.39, 0.29) is 47.8 Å². The number of aliphatic hydroxyl groups excluding tert-OH is 5. The molecule has 0 amide bonds. The zero-order valence-corrected chi connectivity index (χ0v) is 30.6. The highest BCUT2D eigenvalue weighted by Crippen LogP contribution is 2.54. The first-order valence-corrected chi connectivity index (χ1v) is 18.5. The summed E-state index contributed by atoms with van der Waals surface area (Å²) >= 11 is 0. The Kier molecular flexibility index (Phi) is 9.80. The van der Waals surface area contributed by atoms with E-state index in [4.69, 9.17) is 37.9 Å². The van der Waals surface area contributed by atoms with Gasteiger partial charge in [-0.3, -0.25) is 0 Å². The Hall–Kier alpha value is -3.92. The SMILES string of the molecule is C[C@]12C[C@H]3O[C@@]4(C)C[C@@H](O)C(C5=C(O)C=C6OC(CO)=C(O)C(O)=C6O5)O[C@@H]4C[C@]3(C)O[C@@H]1CC(OCc1ccccc1)C(COCc1ccccc1)O2. The predicted molar refractivity (Wildman–Crippen MR) is 190 cm³/mol. The van der Waals surface area contributed by atoms with Crippen molar-refractivity contribution in [1.29, 1.82) is 0 Å². The first-order chi connectivity index (χ1) is 25.9. The smallest absolute Gasteiger partial charge is 0.215 e. The molecule has 0 saturated carbocycles. The first kappa shape index (κ1) is 37.0. The average molecular weight is 749 g/mol. The van der Waals surface area contributed by atoms with Crippen molar-refractivity contribution >= 4 is 0 Å². The summed E-state index contributed by atoms with van der Waals surface area (Å²) < 4.78 is 51.3. The molecule has 8 rings (SSSR count). The van der Waals surface area contributed by atoms with Gasteiger partial charge >= 0.3 is 0 Å². The van der Waals surface area contributed by atoms with Gasteiger partial charge in [0.25, 0.3) is 0 Å². The quantitative estimate of drug-likeness (QED) is 0.227. The lowest BCUT2D eigenvalue weighted by atomic mass is 9.70. The summed E-state index contributed by atoms with van der Waals surface area (Å²) in [6, 6.07) is 20.0. The molecule has 3 unspecified atom stereocenters. The van der Waals surface area contributed by atoms with Crippen LogP contribution in [-0.2, 0) is 51.1 Å². The summed E-state index contributed by atoms with van der Waals surface area (Å²) in [4.78, 5) is 0. The maximum absolute atomic E-state index is 11.5. The first-order valence-electron chi connectivity index (χ1n) is 18.5. The van der Waals surface area contributed by atoms with Gasteiger partial charge in [0, 0.05) is 31.8 Å². The Morgan fingerprint density at radius 1 is 0.741 bits per heavy atom. The lowest BCUT2D eigenvalue weighted by molar-refractivity contribution is -0.373. The van der Waals surface area contributed by atoms with Gasteiger partial charge in [-0.05, 0) is 31.9 Å². The Morgan fingerprint density at radius 3 is 2.07 bits per heavy atom. The van der Waals surface area contributed by atoms with Crippen LogP contribution in [0.4, 0.5) is 0 Å². The molecule has 290 valence electrons. The highest BCUT2D eigenvalue weighted by molar-refractivity contribution is 5.45. The van der Waals surface area contributed by atoms with Crippen LogP contribution >= 0.6 is 0 Å². The molecule has 0 aromatic heterocycles. The molecule has 13 nitrogen and oxygen atoms in total. The van der Waals surface area contributed by atoms with E-state index >= 15 is 0 Å². The van der Waals surface area contributed by atoms with Gasteiger partial charge in [-0.2, -0.15) is 0 Å². The van der Waals surface area contributed by atoms with Crippen LogP contribution in [0.25, 0.3) is 0 Å². The van der Waals surface area contributed by atoms with Crippen LogP contribution in [0.2, 0.25) is 0 Å². The molecular weight excluding hydrogens is 700 g/mol. The molecule has 0 radical (unpaired) electrons. The third-order valence-electron chi connectivity index (χ3n) is 11.6. The van der Waals surface area contributed by atoms with Crippen molar-refractivity contribution in [3.05, 3.63) is 118 Å². The van der Waals surface area contributed by atoms with E-state index in [0.717, 1.165) is 11.1 Å². The molecule has 6 aliphatic heterocycles. The van der Waals surface area contributed by atoms with Crippen molar-refractivity contribution in [2.24, 2.45) is 0 Å². The van der Waals surface area contributed by atoms with Gasteiger partial charge < -0.3 is 63.4 Å². The van der Waals surface area contributed by atoms with E-state index in [1.165, 1.54) is 6.08 Å². The Labute approximate surface area is 313 Å². The maximum atomic E-state index is 11.5. The van der Waals surface area contributed by atoms with Crippen molar-refractivity contribution in [2.75, 3.05) is 13.2 Å². The zero-order valence-electron chi connectivity index (χ0n) is 30.6. The van der Waals surface area contributed by atoms with E-state index < -0.39 is 65.1 Å². The molecule has 0 aliphatic carbocycles. The lowest BCUT2D eigenvalue weighted by Gasteiger charge is -2.62. The van der Waals surface area contributed by atoms with Crippen molar-refractivity contribution in [3.63, 3.8) is 0 Å². The number of benzene rings is 2. The fraction of sp³-hybridized carbons (Fsp3) is 0.512. The molecule has 2 aromatic carbocycles. The van der Waals surface area contributed by atoms with Gasteiger partial charge in [0.15, 0.2) is 23.0 Å². The molecular formula is C41H48O13. The normalized spacial score (nSPS) is 37.6. The van der Waals surface area contributed by atoms with Crippen LogP contribution < -0.4 is 0 Å². The Bertz CT molecular complexity index is 1840. The molecule has 6 heterocycles. The topological polar surface area (TPSA) is 175 Å². The molecule has 54 heavy (non-hydrogen) atoms. The number of ether oxygens (including phenoxy) is 8. The zero-order chi connectivity index (χ0) is 37.8. The van der Waals surface area contributed by atoms with E-state index in [1.807, 2.05) is 74.5 Å². The van der Waals surface area contributed by atoms with Crippen LogP contribution in [0, 0.1) is 0 Å². The van der Waals surface area contributed by atoms with Gasteiger partial charge in [0.05, 0.1) is 67.1 Å². The van der Waals surface area contributed by atoms with Crippen LogP contribution in [0.3, 0.4) is 0 Å². The molecule has 2 aromatic rings. The largest absolute Gasteiger partial charge is 0.504 e. The van der Waals surface area contributed by atoms with Crippen LogP contribution in [0.5, 0.6) is 0 Å². The average Bonchev–Trinajstić information content (AvgIpc) is 3.14. The molecule has 10 atom stereocenters. The van der Waals surface area contributed by atoms with Crippen LogP contribution in [-0.4, -0.2) is 98.3 Å². The summed E-state index contributed by atoms with van der Waals surface area (Å²) in [6.07, 6.45) is -1.54. The second-order valence-corrected chi connectivity index (χ2v) is 15.7. The summed E-state index contributed by atoms with van der Waals surface area (Å²) in [5.74, 6) is -2.65. The van der Waals surface area contributed by atoms with Gasteiger partial charge in [-0.1, -0.05) is 60.7 Å². The minimum Gasteiger partial charge on any atom is -0.504 e. The maximum Gasteiger partial charge on any atom is 0.215 e. The Morgan fingerprint density at radius 2 is 1.37 bits per heavy atom. The summed E-state index contributed by atoms with van der Waals surface area (Å²) in [5.41, 5.74) is -0.335. The third kappa shape index (κ3) is 6.81. The second kappa shape index (κ2) is 14.3. The van der Waals surface area contributed by atoms with Crippen LogP contribution in [0.15, 0.2) is 107 Å². The van der Waals surface area contributed by atoms with Gasteiger partial charge in [-0.15, -0.1) is 0 Å². The van der Waals surface area contributed by atoms with Crippen molar-refractivity contribution in [2.45, 2.75) is 119 Å². The number of hydrogen-bond donors (Lipinski definition) is 5. The summed E-state index contributed by atoms with van der Waals surface area (Å²) in [7, 11) is 0. The summed E-state index contributed by atoms with van der Waals surface area (Å²) in [6.45, 7) is 6.47. The lowest BCUT2D eigenvalue weighted by Crippen LogP contribution is -2.73. The molecule has 0 spiro atoms. The van der Waals surface area contributed by atoms with E-state index in [2.05, 4.69) is 6.92 Å². The number of aliphatic hydroxyl groups is 5. The fourth-order valence-corrected chi connectivity index (χ4v) is 8.58. The number of allylic oxidation sites excluding steroid dienone is 1. The van der Waals surface area contributed by atoms with Gasteiger partial charge in [-0.25, -0.2) is 0 Å².